The van der Waals surface area contributed by atoms with Crippen molar-refractivity contribution in [2.24, 2.45) is 0 Å². The molecule has 0 aliphatic heterocycles. The van der Waals surface area contributed by atoms with Crippen LogP contribution in [0.3, 0.4) is 0 Å². The molecule has 0 atom stereocenters. The van der Waals surface area contributed by atoms with Crippen molar-refractivity contribution in [2.75, 3.05) is 6.61 Å². The number of halogens is 3. The van der Waals surface area contributed by atoms with Crippen LogP contribution < -0.4 is 9.47 Å². The molecule has 3 aromatic carbocycles. The first kappa shape index (κ1) is 22.0. The normalized spacial score (nSPS) is 11.5. The van der Waals surface area contributed by atoms with Crippen molar-refractivity contribution < 1.29 is 32.5 Å². The number of carbonyl (C=O) groups is 1. The average Bonchev–Trinajstić information content (AvgIpc) is 2.73. The zero-order valence-corrected chi connectivity index (χ0v) is 16.5. The van der Waals surface area contributed by atoms with Crippen LogP contribution in [-0.2, 0) is 6.18 Å². The Kier molecular flexibility index (Phi) is 6.65. The molecular weight excluding hydrogens is 409 g/mol. The van der Waals surface area contributed by atoms with Gasteiger partial charge >= 0.3 is 12.1 Å². The van der Waals surface area contributed by atoms with Gasteiger partial charge < -0.3 is 14.6 Å². The van der Waals surface area contributed by atoms with Crippen molar-refractivity contribution in [3.8, 4) is 17.2 Å². The molecule has 0 saturated heterocycles. The molecule has 3 aromatic rings. The van der Waals surface area contributed by atoms with E-state index in [-0.39, 0.29) is 12.2 Å². The maximum Gasteiger partial charge on any atom is 0.416 e. The first-order valence-corrected chi connectivity index (χ1v) is 9.31. The molecule has 0 unspecified atom stereocenters. The fourth-order valence-corrected chi connectivity index (χ4v) is 2.71. The zero-order chi connectivity index (χ0) is 22.4. The molecule has 0 radical (unpaired) electrons. The molecule has 1 N–H and O–H groups in total. The molecule has 0 saturated carbocycles. The summed E-state index contributed by atoms with van der Waals surface area (Å²) in [5.41, 5.74) is 0.849. The number of hydrogen-bond acceptors (Lipinski definition) is 3. The topological polar surface area (TPSA) is 55.8 Å². The highest BCUT2D eigenvalue weighted by atomic mass is 19.4. The highest BCUT2D eigenvalue weighted by molar-refractivity contribution is 5.88. The van der Waals surface area contributed by atoms with Gasteiger partial charge in [0.15, 0.2) is 0 Å². The van der Waals surface area contributed by atoms with Crippen LogP contribution in [0, 0.1) is 6.92 Å². The Morgan fingerprint density at radius 1 is 1.00 bits per heavy atom. The summed E-state index contributed by atoms with van der Waals surface area (Å²) in [6.45, 7) is 2.02. The van der Waals surface area contributed by atoms with Crippen LogP contribution in [0.5, 0.6) is 17.2 Å². The van der Waals surface area contributed by atoms with E-state index in [0.717, 1.165) is 17.7 Å². The summed E-state index contributed by atoms with van der Waals surface area (Å²) >= 11 is 0. The van der Waals surface area contributed by atoms with Crippen LogP contribution in [0.15, 0.2) is 72.8 Å². The van der Waals surface area contributed by atoms with Gasteiger partial charge in [0.25, 0.3) is 0 Å². The minimum absolute atomic E-state index is 0.126. The molecule has 0 bridgehead atoms. The number of rotatable bonds is 7. The monoisotopic (exact) mass is 428 g/mol. The van der Waals surface area contributed by atoms with Gasteiger partial charge in [0.1, 0.15) is 23.9 Å². The van der Waals surface area contributed by atoms with Crippen molar-refractivity contribution in [1.29, 1.82) is 0 Å². The predicted molar refractivity (Wildman–Crippen MR) is 111 cm³/mol. The van der Waals surface area contributed by atoms with E-state index < -0.39 is 17.7 Å². The summed E-state index contributed by atoms with van der Waals surface area (Å²) in [5.74, 6) is 0.400. The lowest BCUT2D eigenvalue weighted by atomic mass is 10.1. The van der Waals surface area contributed by atoms with Crippen molar-refractivity contribution in [2.45, 2.75) is 13.1 Å². The molecule has 7 heteroatoms. The second-order valence-electron chi connectivity index (χ2n) is 6.70. The number of aryl methyl sites for hydroxylation is 1. The van der Waals surface area contributed by atoms with E-state index in [0.29, 0.717) is 22.8 Å². The molecule has 4 nitrogen and oxygen atoms in total. The molecule has 3 rings (SSSR count). The van der Waals surface area contributed by atoms with Crippen molar-refractivity contribution in [3.05, 3.63) is 95.1 Å². The van der Waals surface area contributed by atoms with Crippen LogP contribution in [0.2, 0.25) is 0 Å². The van der Waals surface area contributed by atoms with Crippen molar-refractivity contribution in [3.63, 3.8) is 0 Å². The van der Waals surface area contributed by atoms with E-state index in [1.54, 1.807) is 42.5 Å². The minimum Gasteiger partial charge on any atom is -0.489 e. The lowest BCUT2D eigenvalue weighted by molar-refractivity contribution is -0.137. The number of ether oxygens (including phenoxy) is 2. The summed E-state index contributed by atoms with van der Waals surface area (Å²) in [6, 6.07) is 16.3. The van der Waals surface area contributed by atoms with E-state index in [2.05, 4.69) is 0 Å². The number of carboxylic acid groups (broad SMARTS) is 1. The molecule has 0 amide bonds. The second kappa shape index (κ2) is 9.38. The number of carboxylic acids is 1. The lowest BCUT2D eigenvalue weighted by Crippen LogP contribution is -2.03. The number of benzene rings is 3. The number of hydrogen-bond donors (Lipinski definition) is 1. The van der Waals surface area contributed by atoms with E-state index in [9.17, 15) is 18.0 Å². The molecule has 0 spiro atoms. The summed E-state index contributed by atoms with van der Waals surface area (Å²) in [6.07, 6.45) is -0.996. The SMILES string of the molecule is Cc1ccc(C(=O)O)cc1Oc1cccc(OCC=Cc2ccc(C(F)(F)F)cc2)c1. The quantitative estimate of drug-likeness (QED) is 0.461. The Bertz CT molecular complexity index is 1090. The highest BCUT2D eigenvalue weighted by Crippen LogP contribution is 2.30. The van der Waals surface area contributed by atoms with Gasteiger partial charge in [-0.1, -0.05) is 30.3 Å². The Morgan fingerprint density at radius 2 is 1.71 bits per heavy atom. The van der Waals surface area contributed by atoms with Gasteiger partial charge in [-0.2, -0.15) is 13.2 Å². The van der Waals surface area contributed by atoms with Crippen LogP contribution in [0.1, 0.15) is 27.0 Å². The van der Waals surface area contributed by atoms with Gasteiger partial charge in [0.05, 0.1) is 11.1 Å². The largest absolute Gasteiger partial charge is 0.489 e. The van der Waals surface area contributed by atoms with Crippen LogP contribution in [0.25, 0.3) is 6.08 Å². The van der Waals surface area contributed by atoms with Gasteiger partial charge in [0.2, 0.25) is 0 Å². The van der Waals surface area contributed by atoms with Gasteiger partial charge in [-0.25, -0.2) is 4.79 Å². The first-order valence-electron chi connectivity index (χ1n) is 9.31. The van der Waals surface area contributed by atoms with Crippen LogP contribution >= 0.6 is 0 Å². The molecule has 0 fully saturated rings. The lowest BCUT2D eigenvalue weighted by Gasteiger charge is -2.11. The summed E-state index contributed by atoms with van der Waals surface area (Å²) in [4.78, 5) is 11.1. The van der Waals surface area contributed by atoms with Gasteiger partial charge in [-0.3, -0.25) is 0 Å². The van der Waals surface area contributed by atoms with Crippen LogP contribution in [0.4, 0.5) is 13.2 Å². The number of aromatic carboxylic acids is 1. The maximum absolute atomic E-state index is 12.6. The summed E-state index contributed by atoms with van der Waals surface area (Å²) < 4.78 is 49.2. The zero-order valence-electron chi connectivity index (χ0n) is 16.5. The van der Waals surface area contributed by atoms with E-state index in [1.165, 1.54) is 24.3 Å². The van der Waals surface area contributed by atoms with E-state index >= 15 is 0 Å². The van der Waals surface area contributed by atoms with Gasteiger partial charge in [-0.15, -0.1) is 0 Å². The second-order valence-corrected chi connectivity index (χ2v) is 6.70. The smallest absolute Gasteiger partial charge is 0.416 e. The standard InChI is InChI=1S/C24H19F3O4/c1-16-7-10-18(23(28)29)14-22(16)31-21-6-2-5-20(15-21)30-13-3-4-17-8-11-19(12-9-17)24(25,26)27/h2-12,14-15H,13H2,1H3,(H,28,29). The third kappa shape index (κ3) is 6.12. The molecule has 0 aliphatic rings. The fourth-order valence-electron chi connectivity index (χ4n) is 2.71. The van der Waals surface area contributed by atoms with E-state index in [4.69, 9.17) is 14.6 Å². The molecule has 0 heterocycles. The fraction of sp³-hybridized carbons (Fsp3) is 0.125. The Balaban J connectivity index is 1.60. The maximum atomic E-state index is 12.6. The van der Waals surface area contributed by atoms with Gasteiger partial charge in [0, 0.05) is 6.07 Å². The Hall–Kier alpha value is -3.74. The Labute approximate surface area is 177 Å². The highest BCUT2D eigenvalue weighted by Gasteiger charge is 2.29. The third-order valence-corrected chi connectivity index (χ3v) is 4.36. The Morgan fingerprint density at radius 3 is 2.39 bits per heavy atom. The predicted octanol–water partition coefficient (Wildman–Crippen LogP) is 6.60. The third-order valence-electron chi connectivity index (χ3n) is 4.36. The molecule has 160 valence electrons. The molecule has 0 aliphatic carbocycles. The van der Waals surface area contributed by atoms with Crippen LogP contribution in [-0.4, -0.2) is 17.7 Å². The number of alkyl halides is 3. The molecular formula is C24H19F3O4. The van der Waals surface area contributed by atoms with Crippen molar-refractivity contribution >= 4 is 12.0 Å². The van der Waals surface area contributed by atoms with E-state index in [1.807, 2.05) is 6.92 Å². The first-order chi connectivity index (χ1) is 14.7. The average molecular weight is 428 g/mol. The summed E-state index contributed by atoms with van der Waals surface area (Å²) in [7, 11) is 0. The van der Waals surface area contributed by atoms with Gasteiger partial charge in [-0.05, 0) is 60.5 Å². The van der Waals surface area contributed by atoms with Crippen molar-refractivity contribution in [1.82, 2.24) is 0 Å². The molecule has 31 heavy (non-hydrogen) atoms. The minimum atomic E-state index is -4.36. The summed E-state index contributed by atoms with van der Waals surface area (Å²) in [5, 5.41) is 9.13. The molecule has 0 aromatic heterocycles.